The van der Waals surface area contributed by atoms with Gasteiger partial charge in [0, 0.05) is 16.2 Å². The second kappa shape index (κ2) is 6.39. The molecule has 1 atom stereocenters. The van der Waals surface area contributed by atoms with Gasteiger partial charge in [-0.25, -0.2) is 0 Å². The molecule has 4 nitrogen and oxygen atoms in total. The van der Waals surface area contributed by atoms with Crippen molar-refractivity contribution in [1.29, 1.82) is 0 Å². The molecule has 106 valence electrons. The monoisotopic (exact) mass is 302 g/mol. The van der Waals surface area contributed by atoms with Crippen LogP contribution in [-0.4, -0.2) is 21.4 Å². The molecule has 0 saturated heterocycles. The molecule has 1 rings (SSSR count). The third-order valence-electron chi connectivity index (χ3n) is 2.84. The molecular weight excluding hydrogens is 284 g/mol. The summed E-state index contributed by atoms with van der Waals surface area (Å²) in [5, 5.41) is 3.29. The molecule has 0 spiro atoms. The van der Waals surface area contributed by atoms with E-state index in [1.54, 1.807) is 12.1 Å². The first-order valence-electron chi connectivity index (χ1n) is 5.99. The molecule has 0 fully saturated rings. The van der Waals surface area contributed by atoms with Crippen LogP contribution in [0.25, 0.3) is 0 Å². The first kappa shape index (κ1) is 16.0. The average Bonchev–Trinajstić information content (AvgIpc) is 2.31. The molecule has 1 amide bonds. The van der Waals surface area contributed by atoms with Gasteiger partial charge in [0.25, 0.3) is 0 Å². The number of nitrogens with one attached hydrogen (secondary N) is 1. The second-order valence-corrected chi connectivity index (χ2v) is 6.81. The highest BCUT2D eigenvalue weighted by Crippen LogP contribution is 2.21. The van der Waals surface area contributed by atoms with Crippen molar-refractivity contribution in [1.82, 2.24) is 5.32 Å². The van der Waals surface area contributed by atoms with Gasteiger partial charge in [0.2, 0.25) is 5.91 Å². The van der Waals surface area contributed by atoms with Gasteiger partial charge >= 0.3 is 0 Å². The molecule has 0 saturated carbocycles. The number of hydrogen-bond donors (Lipinski definition) is 2. The van der Waals surface area contributed by atoms with E-state index in [1.807, 2.05) is 20.8 Å². The summed E-state index contributed by atoms with van der Waals surface area (Å²) in [5.41, 5.74) is 5.81. The molecule has 0 aliphatic carbocycles. The number of halogens is 1. The van der Waals surface area contributed by atoms with E-state index in [4.69, 9.17) is 17.3 Å². The molecule has 0 bridgehead atoms. The molecule has 0 aromatic heterocycles. The standard InChI is InChI=1S/C13H19ClN2O2S/c1-4-13(2,3)16-12(17)8-19(18)11-7-9(14)5-6-10(11)15/h5-7H,4,8,15H2,1-3H3,(H,16,17). The van der Waals surface area contributed by atoms with Crippen LogP contribution < -0.4 is 11.1 Å². The van der Waals surface area contributed by atoms with Crippen molar-refractivity contribution in [2.45, 2.75) is 37.6 Å². The van der Waals surface area contributed by atoms with Crippen LogP contribution >= 0.6 is 11.6 Å². The lowest BCUT2D eigenvalue weighted by Gasteiger charge is -2.24. The lowest BCUT2D eigenvalue weighted by molar-refractivity contribution is -0.120. The number of amides is 1. The molecule has 1 aromatic carbocycles. The van der Waals surface area contributed by atoms with Gasteiger partial charge in [0.15, 0.2) is 0 Å². The maximum Gasteiger partial charge on any atom is 0.233 e. The smallest absolute Gasteiger partial charge is 0.233 e. The number of rotatable bonds is 5. The van der Waals surface area contributed by atoms with Crippen LogP contribution in [0.1, 0.15) is 27.2 Å². The normalized spacial score (nSPS) is 13.1. The van der Waals surface area contributed by atoms with E-state index in [9.17, 15) is 9.00 Å². The van der Waals surface area contributed by atoms with Crippen molar-refractivity contribution in [3.05, 3.63) is 23.2 Å². The molecule has 0 radical (unpaired) electrons. The van der Waals surface area contributed by atoms with Crippen molar-refractivity contribution >= 4 is 34.0 Å². The summed E-state index contributed by atoms with van der Waals surface area (Å²) in [5.74, 6) is -0.377. The first-order chi connectivity index (χ1) is 8.75. The van der Waals surface area contributed by atoms with Gasteiger partial charge in [-0.1, -0.05) is 18.5 Å². The fourth-order valence-electron chi connectivity index (χ4n) is 1.40. The van der Waals surface area contributed by atoms with Crippen molar-refractivity contribution < 1.29 is 9.00 Å². The number of nitrogen functional groups attached to an aromatic ring is 1. The number of hydrogen-bond acceptors (Lipinski definition) is 3. The van der Waals surface area contributed by atoms with Crippen LogP contribution in [0.3, 0.4) is 0 Å². The third-order valence-corrected chi connectivity index (χ3v) is 4.45. The molecule has 19 heavy (non-hydrogen) atoms. The zero-order valence-corrected chi connectivity index (χ0v) is 12.9. The van der Waals surface area contributed by atoms with Crippen molar-refractivity contribution in [3.63, 3.8) is 0 Å². The number of benzene rings is 1. The maximum absolute atomic E-state index is 12.1. The van der Waals surface area contributed by atoms with E-state index >= 15 is 0 Å². The van der Waals surface area contributed by atoms with E-state index in [-0.39, 0.29) is 17.2 Å². The zero-order chi connectivity index (χ0) is 14.6. The van der Waals surface area contributed by atoms with Crippen molar-refractivity contribution in [3.8, 4) is 0 Å². The number of carbonyl (C=O) groups excluding carboxylic acids is 1. The Balaban J connectivity index is 2.75. The summed E-state index contributed by atoms with van der Waals surface area (Å²) in [6.07, 6.45) is 0.796. The van der Waals surface area contributed by atoms with Gasteiger partial charge in [-0.15, -0.1) is 0 Å². The van der Waals surface area contributed by atoms with E-state index in [2.05, 4.69) is 5.32 Å². The summed E-state index contributed by atoms with van der Waals surface area (Å²) in [4.78, 5) is 12.2. The minimum Gasteiger partial charge on any atom is -0.398 e. The van der Waals surface area contributed by atoms with Gasteiger partial charge < -0.3 is 11.1 Å². The summed E-state index contributed by atoms with van der Waals surface area (Å²) < 4.78 is 12.1. The zero-order valence-electron chi connectivity index (χ0n) is 11.3. The molecule has 1 unspecified atom stereocenters. The Labute approximate surface area is 121 Å². The number of carbonyl (C=O) groups is 1. The topological polar surface area (TPSA) is 72.2 Å². The molecule has 1 aromatic rings. The minimum absolute atomic E-state index is 0.117. The van der Waals surface area contributed by atoms with Gasteiger partial charge in [-0.2, -0.15) is 0 Å². The Hall–Kier alpha value is -1.07. The largest absolute Gasteiger partial charge is 0.398 e. The third kappa shape index (κ3) is 4.84. The highest BCUT2D eigenvalue weighted by Gasteiger charge is 2.20. The average molecular weight is 303 g/mol. The van der Waals surface area contributed by atoms with Gasteiger partial charge in [-0.05, 0) is 38.5 Å². The predicted molar refractivity (Wildman–Crippen MR) is 79.7 cm³/mol. The SMILES string of the molecule is CCC(C)(C)NC(=O)CS(=O)c1cc(Cl)ccc1N. The molecule has 0 aliphatic rings. The van der Waals surface area contributed by atoms with E-state index in [0.717, 1.165) is 6.42 Å². The fourth-order valence-corrected chi connectivity index (χ4v) is 2.70. The Morgan fingerprint density at radius 1 is 1.47 bits per heavy atom. The Morgan fingerprint density at radius 3 is 2.68 bits per heavy atom. The van der Waals surface area contributed by atoms with Gasteiger partial charge in [0.1, 0.15) is 5.75 Å². The Bertz CT molecular complexity index is 503. The number of nitrogens with two attached hydrogens (primary N) is 1. The molecule has 0 aliphatic heterocycles. The van der Waals surface area contributed by atoms with Crippen LogP contribution in [-0.2, 0) is 15.6 Å². The molecule has 0 heterocycles. The summed E-state index contributed by atoms with van der Waals surface area (Å²) in [6.45, 7) is 5.81. The van der Waals surface area contributed by atoms with E-state index < -0.39 is 10.8 Å². The quantitative estimate of drug-likeness (QED) is 0.820. The van der Waals surface area contributed by atoms with Gasteiger partial charge in [-0.3, -0.25) is 9.00 Å². The predicted octanol–water partition coefficient (Wildman–Crippen LogP) is 2.33. The van der Waals surface area contributed by atoms with E-state index in [0.29, 0.717) is 15.6 Å². The summed E-state index contributed by atoms with van der Waals surface area (Å²) >= 11 is 5.84. The lowest BCUT2D eigenvalue weighted by Crippen LogP contribution is -2.44. The second-order valence-electron chi connectivity index (χ2n) is 4.96. The van der Waals surface area contributed by atoms with Crippen LogP contribution in [0.15, 0.2) is 23.1 Å². The van der Waals surface area contributed by atoms with Crippen LogP contribution in [0.2, 0.25) is 5.02 Å². The number of anilines is 1. The highest BCUT2D eigenvalue weighted by atomic mass is 35.5. The highest BCUT2D eigenvalue weighted by molar-refractivity contribution is 7.86. The van der Waals surface area contributed by atoms with Crippen LogP contribution in [0.4, 0.5) is 5.69 Å². The summed E-state index contributed by atoms with van der Waals surface area (Å²) in [7, 11) is -1.49. The van der Waals surface area contributed by atoms with Gasteiger partial charge in [0.05, 0.1) is 15.7 Å². The maximum atomic E-state index is 12.1. The van der Waals surface area contributed by atoms with Crippen molar-refractivity contribution in [2.24, 2.45) is 0 Å². The lowest BCUT2D eigenvalue weighted by atomic mass is 10.0. The summed E-state index contributed by atoms with van der Waals surface area (Å²) in [6, 6.07) is 4.74. The van der Waals surface area contributed by atoms with Crippen LogP contribution in [0, 0.1) is 0 Å². The minimum atomic E-state index is -1.49. The first-order valence-corrected chi connectivity index (χ1v) is 7.69. The van der Waals surface area contributed by atoms with E-state index in [1.165, 1.54) is 6.07 Å². The van der Waals surface area contributed by atoms with Crippen LogP contribution in [0.5, 0.6) is 0 Å². The molecule has 6 heteroatoms. The Kier molecular flexibility index (Phi) is 5.38. The fraction of sp³-hybridized carbons (Fsp3) is 0.462. The molecule has 3 N–H and O–H groups in total. The molecular formula is C13H19ClN2O2S. The Morgan fingerprint density at radius 2 is 2.11 bits per heavy atom. The van der Waals surface area contributed by atoms with Crippen molar-refractivity contribution in [2.75, 3.05) is 11.5 Å².